The smallest absolute Gasteiger partial charge is 0.230 e. The minimum Gasteiger partial charge on any atom is -0.326 e. The third-order valence-electron chi connectivity index (χ3n) is 2.07. The second kappa shape index (κ2) is 4.90. The molecule has 2 aromatic rings. The molecule has 1 heterocycles. The number of hydrogen-bond donors (Lipinski definition) is 1. The number of rotatable bonds is 3. The standard InChI is InChI=1S/C12H12N2OS/c1-9-13-11(8-16-9)7-12(15)14-10-5-3-2-4-6-10/h2-6,8H,7H2,1H3,(H,14,15). The number of thiazole rings is 1. The highest BCUT2D eigenvalue weighted by molar-refractivity contribution is 7.09. The molecule has 0 radical (unpaired) electrons. The van der Waals surface area contributed by atoms with Gasteiger partial charge in [0.25, 0.3) is 0 Å². The molecule has 3 nitrogen and oxygen atoms in total. The fourth-order valence-corrected chi connectivity index (χ4v) is 1.99. The number of hydrogen-bond acceptors (Lipinski definition) is 3. The minimum absolute atomic E-state index is 0.0310. The van der Waals surface area contributed by atoms with Crippen LogP contribution in [0.15, 0.2) is 35.7 Å². The Balaban J connectivity index is 1.95. The van der Waals surface area contributed by atoms with Crippen molar-refractivity contribution >= 4 is 22.9 Å². The molecule has 0 aliphatic carbocycles. The second-order valence-corrected chi connectivity index (χ2v) is 4.51. The molecule has 1 N–H and O–H groups in total. The molecule has 0 spiro atoms. The first-order valence-electron chi connectivity index (χ1n) is 5.00. The van der Waals surface area contributed by atoms with E-state index < -0.39 is 0 Å². The monoisotopic (exact) mass is 232 g/mol. The second-order valence-electron chi connectivity index (χ2n) is 3.45. The molecule has 0 saturated heterocycles. The van der Waals surface area contributed by atoms with Crippen LogP contribution in [0.5, 0.6) is 0 Å². The van der Waals surface area contributed by atoms with Crippen LogP contribution >= 0.6 is 11.3 Å². The number of amides is 1. The Hall–Kier alpha value is -1.68. The number of carbonyl (C=O) groups is 1. The Morgan fingerprint density at radius 1 is 1.38 bits per heavy atom. The molecule has 2 rings (SSSR count). The van der Waals surface area contributed by atoms with Gasteiger partial charge in [-0.15, -0.1) is 11.3 Å². The fourth-order valence-electron chi connectivity index (χ4n) is 1.38. The lowest BCUT2D eigenvalue weighted by molar-refractivity contribution is -0.115. The molecule has 0 aliphatic heterocycles. The average Bonchev–Trinajstić information content (AvgIpc) is 2.65. The normalized spacial score (nSPS) is 10.1. The lowest BCUT2D eigenvalue weighted by Gasteiger charge is -2.02. The maximum Gasteiger partial charge on any atom is 0.230 e. The highest BCUT2D eigenvalue weighted by Gasteiger charge is 2.06. The van der Waals surface area contributed by atoms with Crippen molar-refractivity contribution in [1.29, 1.82) is 0 Å². The summed E-state index contributed by atoms with van der Waals surface area (Å²) in [5.41, 5.74) is 1.65. The molecule has 0 atom stereocenters. The van der Waals surface area contributed by atoms with Gasteiger partial charge in [0.05, 0.1) is 17.1 Å². The molecule has 1 aromatic carbocycles. The molecule has 0 bridgehead atoms. The lowest BCUT2D eigenvalue weighted by atomic mass is 10.3. The van der Waals surface area contributed by atoms with Crippen molar-refractivity contribution in [3.05, 3.63) is 46.4 Å². The van der Waals surface area contributed by atoms with Gasteiger partial charge in [-0.05, 0) is 19.1 Å². The van der Waals surface area contributed by atoms with Crippen LogP contribution in [0.25, 0.3) is 0 Å². The number of carbonyl (C=O) groups excluding carboxylic acids is 1. The summed E-state index contributed by atoms with van der Waals surface area (Å²) >= 11 is 1.56. The van der Waals surface area contributed by atoms with Crippen molar-refractivity contribution in [1.82, 2.24) is 4.98 Å². The highest BCUT2D eigenvalue weighted by atomic mass is 32.1. The van der Waals surface area contributed by atoms with E-state index in [1.165, 1.54) is 0 Å². The highest BCUT2D eigenvalue weighted by Crippen LogP contribution is 2.10. The first-order valence-corrected chi connectivity index (χ1v) is 5.88. The van der Waals surface area contributed by atoms with E-state index in [1.54, 1.807) is 11.3 Å². The molecule has 0 fully saturated rings. The number of anilines is 1. The first-order chi connectivity index (χ1) is 7.74. The SMILES string of the molecule is Cc1nc(CC(=O)Nc2ccccc2)cs1. The molecule has 4 heteroatoms. The number of aromatic nitrogens is 1. The minimum atomic E-state index is -0.0310. The average molecular weight is 232 g/mol. The van der Waals surface area contributed by atoms with E-state index >= 15 is 0 Å². The van der Waals surface area contributed by atoms with Gasteiger partial charge in [-0.3, -0.25) is 4.79 Å². The van der Waals surface area contributed by atoms with E-state index in [2.05, 4.69) is 10.3 Å². The van der Waals surface area contributed by atoms with Gasteiger partial charge in [0.1, 0.15) is 0 Å². The number of nitrogens with zero attached hydrogens (tertiary/aromatic N) is 1. The predicted molar refractivity (Wildman–Crippen MR) is 65.6 cm³/mol. The Labute approximate surface area is 98.2 Å². The maximum atomic E-state index is 11.6. The summed E-state index contributed by atoms with van der Waals surface area (Å²) in [6.45, 7) is 1.93. The van der Waals surface area contributed by atoms with E-state index in [0.29, 0.717) is 6.42 Å². The number of aryl methyl sites for hydroxylation is 1. The molecular weight excluding hydrogens is 220 g/mol. The molecule has 82 valence electrons. The van der Waals surface area contributed by atoms with Gasteiger partial charge in [-0.2, -0.15) is 0 Å². The van der Waals surface area contributed by atoms with Gasteiger partial charge in [0.15, 0.2) is 0 Å². The van der Waals surface area contributed by atoms with Gasteiger partial charge < -0.3 is 5.32 Å². The van der Waals surface area contributed by atoms with Crippen molar-refractivity contribution in [2.24, 2.45) is 0 Å². The zero-order valence-corrected chi connectivity index (χ0v) is 9.75. The molecule has 16 heavy (non-hydrogen) atoms. The van der Waals surface area contributed by atoms with E-state index in [9.17, 15) is 4.79 Å². The first kappa shape index (κ1) is 10.8. The lowest BCUT2D eigenvalue weighted by Crippen LogP contribution is -2.14. The van der Waals surface area contributed by atoms with Gasteiger partial charge in [-0.1, -0.05) is 18.2 Å². The van der Waals surface area contributed by atoms with Crippen LogP contribution in [0.3, 0.4) is 0 Å². The summed E-state index contributed by atoms with van der Waals surface area (Å²) in [7, 11) is 0. The maximum absolute atomic E-state index is 11.6. The molecule has 0 saturated carbocycles. The van der Waals surface area contributed by atoms with Crippen LogP contribution in [0, 0.1) is 6.92 Å². The molecule has 0 aliphatic rings. The largest absolute Gasteiger partial charge is 0.326 e. The number of nitrogens with one attached hydrogen (secondary N) is 1. The van der Waals surface area contributed by atoms with Crippen molar-refractivity contribution in [2.45, 2.75) is 13.3 Å². The topological polar surface area (TPSA) is 42.0 Å². The quantitative estimate of drug-likeness (QED) is 0.884. The van der Waals surface area contributed by atoms with E-state index in [-0.39, 0.29) is 5.91 Å². The van der Waals surface area contributed by atoms with Crippen LogP contribution in [0.1, 0.15) is 10.7 Å². The zero-order chi connectivity index (χ0) is 11.4. The van der Waals surface area contributed by atoms with Crippen LogP contribution in [-0.4, -0.2) is 10.9 Å². The number of benzene rings is 1. The van der Waals surface area contributed by atoms with Crippen molar-refractivity contribution < 1.29 is 4.79 Å². The van der Waals surface area contributed by atoms with Crippen LogP contribution < -0.4 is 5.32 Å². The van der Waals surface area contributed by atoms with Crippen LogP contribution in [-0.2, 0) is 11.2 Å². The Morgan fingerprint density at radius 3 is 2.75 bits per heavy atom. The van der Waals surface area contributed by atoms with Gasteiger partial charge >= 0.3 is 0 Å². The van der Waals surface area contributed by atoms with Crippen molar-refractivity contribution in [3.8, 4) is 0 Å². The van der Waals surface area contributed by atoms with E-state index in [1.807, 2.05) is 42.6 Å². The predicted octanol–water partition coefficient (Wildman–Crippen LogP) is 2.63. The zero-order valence-electron chi connectivity index (χ0n) is 8.93. The third-order valence-corrected chi connectivity index (χ3v) is 2.89. The molecular formula is C12H12N2OS. The summed E-state index contributed by atoms with van der Waals surface area (Å²) in [6, 6.07) is 9.43. The van der Waals surface area contributed by atoms with Crippen LogP contribution in [0.4, 0.5) is 5.69 Å². The number of para-hydroxylation sites is 1. The summed E-state index contributed by atoms with van der Waals surface area (Å²) in [6.07, 6.45) is 0.333. The van der Waals surface area contributed by atoms with Gasteiger partial charge in [0.2, 0.25) is 5.91 Å². The fraction of sp³-hybridized carbons (Fsp3) is 0.167. The summed E-state index contributed by atoms with van der Waals surface area (Å²) in [5.74, 6) is -0.0310. The van der Waals surface area contributed by atoms with Gasteiger partial charge in [-0.25, -0.2) is 4.98 Å². The molecule has 1 aromatic heterocycles. The summed E-state index contributed by atoms with van der Waals surface area (Å²) in [4.78, 5) is 15.9. The Kier molecular flexibility index (Phi) is 3.31. The van der Waals surface area contributed by atoms with E-state index in [4.69, 9.17) is 0 Å². The summed E-state index contributed by atoms with van der Waals surface area (Å²) in [5, 5.41) is 5.73. The van der Waals surface area contributed by atoms with Gasteiger partial charge in [0, 0.05) is 11.1 Å². The Morgan fingerprint density at radius 2 is 2.12 bits per heavy atom. The molecule has 1 amide bonds. The van der Waals surface area contributed by atoms with Crippen molar-refractivity contribution in [3.63, 3.8) is 0 Å². The van der Waals surface area contributed by atoms with Crippen LogP contribution in [0.2, 0.25) is 0 Å². The van der Waals surface area contributed by atoms with E-state index in [0.717, 1.165) is 16.4 Å². The van der Waals surface area contributed by atoms with Crippen molar-refractivity contribution in [2.75, 3.05) is 5.32 Å². The molecule has 0 unspecified atom stereocenters. The third kappa shape index (κ3) is 2.90. The summed E-state index contributed by atoms with van der Waals surface area (Å²) < 4.78 is 0. The Bertz CT molecular complexity index is 479.